The molecule has 2 N–H and O–H groups in total. The lowest BCUT2D eigenvalue weighted by Crippen LogP contribution is -2.07. The minimum absolute atomic E-state index is 0.0442. The highest BCUT2D eigenvalue weighted by Gasteiger charge is 1.83. The SMILES string of the molecule is C=CN/C(=C\C)CO. The summed E-state index contributed by atoms with van der Waals surface area (Å²) in [6, 6.07) is 0. The zero-order valence-electron chi connectivity index (χ0n) is 5.02. The van der Waals surface area contributed by atoms with Gasteiger partial charge >= 0.3 is 0 Å². The van der Waals surface area contributed by atoms with Crippen LogP contribution in [0.4, 0.5) is 0 Å². The Bertz CT molecular complexity index is 96.7. The average molecular weight is 113 g/mol. The summed E-state index contributed by atoms with van der Waals surface area (Å²) in [6.45, 7) is 5.33. The maximum absolute atomic E-state index is 8.48. The Morgan fingerprint density at radius 2 is 2.50 bits per heavy atom. The van der Waals surface area contributed by atoms with Crippen LogP contribution in [0.3, 0.4) is 0 Å². The van der Waals surface area contributed by atoms with Gasteiger partial charge in [-0.1, -0.05) is 12.7 Å². The van der Waals surface area contributed by atoms with Gasteiger partial charge in [0, 0.05) is 5.70 Å². The van der Waals surface area contributed by atoms with Crippen LogP contribution in [-0.4, -0.2) is 11.7 Å². The van der Waals surface area contributed by atoms with Crippen molar-refractivity contribution in [3.05, 3.63) is 24.6 Å². The molecular formula is C6H11NO. The molecule has 0 atom stereocenters. The molecule has 2 heteroatoms. The van der Waals surface area contributed by atoms with Gasteiger partial charge in [-0.05, 0) is 13.1 Å². The number of nitrogens with one attached hydrogen (secondary N) is 1. The normalized spacial score (nSPS) is 11.0. The van der Waals surface area contributed by atoms with E-state index in [1.54, 1.807) is 6.08 Å². The fourth-order valence-corrected chi connectivity index (χ4v) is 0.351. The van der Waals surface area contributed by atoms with Gasteiger partial charge in [-0.15, -0.1) is 0 Å². The smallest absolute Gasteiger partial charge is 0.0827 e. The molecule has 0 rings (SSSR count). The van der Waals surface area contributed by atoms with Gasteiger partial charge in [0.2, 0.25) is 0 Å². The summed E-state index contributed by atoms with van der Waals surface area (Å²) in [4.78, 5) is 0. The van der Waals surface area contributed by atoms with Crippen LogP contribution in [0.15, 0.2) is 24.6 Å². The molecule has 0 bridgehead atoms. The van der Waals surface area contributed by atoms with Crippen LogP contribution in [0.2, 0.25) is 0 Å². The average Bonchev–Trinajstić information content (AvgIpc) is 1.83. The molecule has 0 aromatic rings. The van der Waals surface area contributed by atoms with Crippen LogP contribution in [0.1, 0.15) is 6.92 Å². The van der Waals surface area contributed by atoms with Crippen molar-refractivity contribution in [3.63, 3.8) is 0 Å². The Kier molecular flexibility index (Phi) is 3.98. The van der Waals surface area contributed by atoms with E-state index < -0.39 is 0 Å². The fraction of sp³-hybridized carbons (Fsp3) is 0.333. The Hall–Kier alpha value is -0.760. The van der Waals surface area contributed by atoms with E-state index in [-0.39, 0.29) is 6.61 Å². The van der Waals surface area contributed by atoms with Crippen molar-refractivity contribution in [2.75, 3.05) is 6.61 Å². The maximum atomic E-state index is 8.48. The first-order chi connectivity index (χ1) is 3.85. The highest BCUT2D eigenvalue weighted by molar-refractivity contribution is 5.00. The third-order valence-electron chi connectivity index (χ3n) is 0.806. The van der Waals surface area contributed by atoms with Crippen molar-refractivity contribution in [3.8, 4) is 0 Å². The number of hydrogen-bond acceptors (Lipinski definition) is 2. The van der Waals surface area contributed by atoms with Gasteiger partial charge in [0.25, 0.3) is 0 Å². The third kappa shape index (κ3) is 2.42. The second-order valence-electron chi connectivity index (χ2n) is 1.32. The Balaban J connectivity index is 3.53. The topological polar surface area (TPSA) is 32.3 Å². The first kappa shape index (κ1) is 7.24. The molecule has 0 aromatic carbocycles. The zero-order chi connectivity index (χ0) is 6.41. The second kappa shape index (κ2) is 4.40. The van der Waals surface area contributed by atoms with Crippen molar-refractivity contribution >= 4 is 0 Å². The summed E-state index contributed by atoms with van der Waals surface area (Å²) in [5.74, 6) is 0. The lowest BCUT2D eigenvalue weighted by atomic mass is 10.4. The second-order valence-corrected chi connectivity index (χ2v) is 1.32. The lowest BCUT2D eigenvalue weighted by Gasteiger charge is -1.98. The van der Waals surface area contributed by atoms with Crippen molar-refractivity contribution in [1.82, 2.24) is 5.32 Å². The number of rotatable bonds is 3. The molecule has 0 saturated heterocycles. The van der Waals surface area contributed by atoms with E-state index >= 15 is 0 Å². The summed E-state index contributed by atoms with van der Waals surface area (Å²) in [5.41, 5.74) is 0.778. The molecule has 0 heterocycles. The van der Waals surface area contributed by atoms with Crippen LogP contribution in [0, 0.1) is 0 Å². The third-order valence-corrected chi connectivity index (χ3v) is 0.806. The molecule has 0 saturated carbocycles. The largest absolute Gasteiger partial charge is 0.390 e. The van der Waals surface area contributed by atoms with Gasteiger partial charge in [-0.2, -0.15) is 0 Å². The molecule has 0 radical (unpaired) electrons. The van der Waals surface area contributed by atoms with Gasteiger partial charge in [0.1, 0.15) is 0 Å². The lowest BCUT2D eigenvalue weighted by molar-refractivity contribution is 0.325. The monoisotopic (exact) mass is 113 g/mol. The van der Waals surface area contributed by atoms with Crippen LogP contribution in [0.25, 0.3) is 0 Å². The summed E-state index contributed by atoms with van der Waals surface area (Å²) < 4.78 is 0. The van der Waals surface area contributed by atoms with E-state index in [0.717, 1.165) is 5.70 Å². The predicted octanol–water partition coefficient (Wildman–Crippen LogP) is 0.616. The molecule has 2 nitrogen and oxygen atoms in total. The molecule has 0 aromatic heterocycles. The highest BCUT2D eigenvalue weighted by atomic mass is 16.3. The maximum Gasteiger partial charge on any atom is 0.0827 e. The van der Waals surface area contributed by atoms with Crippen LogP contribution in [-0.2, 0) is 0 Å². The Morgan fingerprint density at radius 3 is 2.62 bits per heavy atom. The van der Waals surface area contributed by atoms with Crippen molar-refractivity contribution in [2.24, 2.45) is 0 Å². The fourth-order valence-electron chi connectivity index (χ4n) is 0.351. The summed E-state index contributed by atoms with van der Waals surface area (Å²) >= 11 is 0. The zero-order valence-corrected chi connectivity index (χ0v) is 5.02. The quantitative estimate of drug-likeness (QED) is 0.562. The van der Waals surface area contributed by atoms with Crippen LogP contribution < -0.4 is 5.32 Å². The molecule has 46 valence electrons. The molecule has 8 heavy (non-hydrogen) atoms. The van der Waals surface area contributed by atoms with E-state index in [0.29, 0.717) is 0 Å². The van der Waals surface area contributed by atoms with Crippen LogP contribution in [0.5, 0.6) is 0 Å². The molecule has 0 aliphatic heterocycles. The van der Waals surface area contributed by atoms with E-state index in [1.165, 1.54) is 6.20 Å². The number of aliphatic hydroxyl groups is 1. The number of hydrogen-bond donors (Lipinski definition) is 2. The van der Waals surface area contributed by atoms with E-state index in [1.807, 2.05) is 6.92 Å². The predicted molar refractivity (Wildman–Crippen MR) is 34.2 cm³/mol. The van der Waals surface area contributed by atoms with Crippen LogP contribution >= 0.6 is 0 Å². The van der Waals surface area contributed by atoms with E-state index in [4.69, 9.17) is 5.11 Å². The highest BCUT2D eigenvalue weighted by Crippen LogP contribution is 1.83. The van der Waals surface area contributed by atoms with Gasteiger partial charge in [0.05, 0.1) is 6.61 Å². The summed E-state index contributed by atoms with van der Waals surface area (Å²) in [7, 11) is 0. The van der Waals surface area contributed by atoms with Crippen molar-refractivity contribution in [1.29, 1.82) is 0 Å². The van der Waals surface area contributed by atoms with E-state index in [9.17, 15) is 0 Å². The van der Waals surface area contributed by atoms with Crippen molar-refractivity contribution in [2.45, 2.75) is 6.92 Å². The van der Waals surface area contributed by atoms with Crippen molar-refractivity contribution < 1.29 is 5.11 Å². The summed E-state index contributed by atoms with van der Waals surface area (Å²) in [6.07, 6.45) is 3.33. The molecule has 0 fully saturated rings. The minimum atomic E-state index is 0.0442. The van der Waals surface area contributed by atoms with Gasteiger partial charge in [-0.25, -0.2) is 0 Å². The molecule has 0 unspecified atom stereocenters. The first-order valence-electron chi connectivity index (χ1n) is 2.48. The number of aliphatic hydroxyl groups excluding tert-OH is 1. The molecule has 0 spiro atoms. The van der Waals surface area contributed by atoms with Gasteiger partial charge < -0.3 is 10.4 Å². The molecule has 0 aliphatic rings. The Morgan fingerprint density at radius 1 is 1.88 bits per heavy atom. The first-order valence-corrected chi connectivity index (χ1v) is 2.48. The molecule has 0 aliphatic carbocycles. The minimum Gasteiger partial charge on any atom is -0.390 e. The summed E-state index contributed by atoms with van der Waals surface area (Å²) in [5, 5.41) is 11.2. The van der Waals surface area contributed by atoms with Gasteiger partial charge in [0.15, 0.2) is 0 Å². The van der Waals surface area contributed by atoms with E-state index in [2.05, 4.69) is 11.9 Å². The Labute approximate surface area is 49.5 Å². The van der Waals surface area contributed by atoms with Gasteiger partial charge in [-0.3, -0.25) is 0 Å². The molecule has 0 amide bonds. The number of allylic oxidation sites excluding steroid dienone is 1. The standard InChI is InChI=1S/C6H11NO/c1-3-6(5-8)7-4-2/h3-4,7-8H,2,5H2,1H3/b6-3-. The molecular weight excluding hydrogens is 102 g/mol.